The average molecular weight is 298 g/mol. The maximum atomic E-state index is 11.8. The largest absolute Gasteiger partial charge is 0.457 e. The summed E-state index contributed by atoms with van der Waals surface area (Å²) in [5.74, 6) is -0.971. The van der Waals surface area contributed by atoms with E-state index >= 15 is 0 Å². The number of nitrogens with zero attached hydrogens (tertiary/aromatic N) is 2. The number of esters is 1. The van der Waals surface area contributed by atoms with E-state index in [0.29, 0.717) is 5.56 Å². The zero-order valence-electron chi connectivity index (χ0n) is 11.1. The Morgan fingerprint density at radius 2 is 2.05 bits per heavy atom. The molecule has 0 saturated carbocycles. The third kappa shape index (κ3) is 2.57. The minimum Gasteiger partial charge on any atom is -0.457 e. The Labute approximate surface area is 123 Å². The molecule has 3 N–H and O–H groups in total. The predicted molar refractivity (Wildman–Crippen MR) is 74.0 cm³/mol. The van der Waals surface area contributed by atoms with Crippen LogP contribution in [0.25, 0.3) is 11.3 Å². The van der Waals surface area contributed by atoms with E-state index in [0.717, 1.165) is 0 Å². The maximum absolute atomic E-state index is 11.8. The number of aromatic nitrogens is 3. The Morgan fingerprint density at radius 3 is 2.77 bits per heavy atom. The van der Waals surface area contributed by atoms with E-state index in [1.54, 1.807) is 30.3 Å². The molecule has 1 aromatic carbocycles. The third-order valence-electron chi connectivity index (χ3n) is 2.82. The molecule has 0 spiro atoms. The van der Waals surface area contributed by atoms with Gasteiger partial charge in [0, 0.05) is 5.56 Å². The molecule has 0 aliphatic carbocycles. The molecule has 0 atom stereocenters. The molecule has 2 heterocycles. The van der Waals surface area contributed by atoms with Gasteiger partial charge in [0.05, 0.1) is 6.26 Å². The lowest BCUT2D eigenvalue weighted by Gasteiger charge is -2.04. The highest BCUT2D eigenvalue weighted by molar-refractivity contribution is 5.96. The molecule has 3 rings (SSSR count). The fourth-order valence-electron chi connectivity index (χ4n) is 1.86. The number of hydrogen-bond acceptors (Lipinski definition) is 6. The smallest absolute Gasteiger partial charge is 0.379 e. The lowest BCUT2D eigenvalue weighted by molar-refractivity contribution is 0.0701. The zero-order chi connectivity index (χ0) is 15.5. The minimum absolute atomic E-state index is 0.00881. The summed E-state index contributed by atoms with van der Waals surface area (Å²) in [6.07, 6.45) is 1.38. The summed E-state index contributed by atoms with van der Waals surface area (Å²) >= 11 is 0. The van der Waals surface area contributed by atoms with Gasteiger partial charge in [0.25, 0.3) is 5.91 Å². The Morgan fingerprint density at radius 1 is 1.18 bits per heavy atom. The molecule has 8 nitrogen and oxygen atoms in total. The summed E-state index contributed by atoms with van der Waals surface area (Å²) in [5, 5.41) is 9.91. The van der Waals surface area contributed by atoms with E-state index < -0.39 is 11.9 Å². The third-order valence-corrected chi connectivity index (χ3v) is 2.82. The van der Waals surface area contributed by atoms with Gasteiger partial charge in [0.1, 0.15) is 11.4 Å². The number of aromatic amines is 1. The Bertz CT molecular complexity index is 823. The number of amides is 1. The number of primary amides is 1. The lowest BCUT2D eigenvalue weighted by Crippen LogP contribution is -2.12. The van der Waals surface area contributed by atoms with Gasteiger partial charge >= 0.3 is 5.97 Å². The highest BCUT2D eigenvalue weighted by Gasteiger charge is 2.17. The maximum Gasteiger partial charge on any atom is 0.379 e. The number of nitrogens with two attached hydrogens (primary N) is 1. The first-order valence-corrected chi connectivity index (χ1v) is 6.22. The van der Waals surface area contributed by atoms with Crippen LogP contribution in [0.15, 0.2) is 47.1 Å². The van der Waals surface area contributed by atoms with Crippen LogP contribution in [-0.4, -0.2) is 27.3 Å². The molecule has 0 aliphatic rings. The van der Waals surface area contributed by atoms with Crippen LogP contribution in [0.1, 0.15) is 21.0 Å². The van der Waals surface area contributed by atoms with Gasteiger partial charge in [0.15, 0.2) is 5.69 Å². The number of furan rings is 1. The van der Waals surface area contributed by atoms with Crippen molar-refractivity contribution in [2.24, 2.45) is 5.73 Å². The summed E-state index contributed by atoms with van der Waals surface area (Å²) in [6, 6.07) is 9.56. The monoisotopic (exact) mass is 298 g/mol. The molecular formula is C14H10N4O4. The minimum atomic E-state index is -0.707. The molecule has 0 aliphatic heterocycles. The number of nitrogens with one attached hydrogen (secondary N) is 1. The second-order valence-electron chi connectivity index (χ2n) is 4.28. The van der Waals surface area contributed by atoms with E-state index in [1.807, 2.05) is 0 Å². The molecule has 110 valence electrons. The van der Waals surface area contributed by atoms with Crippen LogP contribution in [0.3, 0.4) is 0 Å². The molecule has 0 bridgehead atoms. The van der Waals surface area contributed by atoms with Gasteiger partial charge in [-0.1, -0.05) is 12.1 Å². The van der Waals surface area contributed by atoms with Gasteiger partial charge < -0.3 is 14.9 Å². The van der Waals surface area contributed by atoms with E-state index in [9.17, 15) is 9.59 Å². The van der Waals surface area contributed by atoms with Crippen molar-refractivity contribution in [3.8, 4) is 17.0 Å². The van der Waals surface area contributed by atoms with Gasteiger partial charge in [-0.25, -0.2) is 4.79 Å². The van der Waals surface area contributed by atoms with Crippen molar-refractivity contribution in [1.29, 1.82) is 0 Å². The highest BCUT2D eigenvalue weighted by Crippen LogP contribution is 2.24. The number of ether oxygens (including phenoxy) is 1. The fraction of sp³-hybridized carbons (Fsp3) is 0. The average Bonchev–Trinajstić information content (AvgIpc) is 3.19. The SMILES string of the molecule is NC(=O)c1n[nH]nc1-c1cccc(OC(=O)c2ccco2)c1. The molecule has 0 radical (unpaired) electrons. The van der Waals surface area contributed by atoms with Crippen molar-refractivity contribution >= 4 is 11.9 Å². The molecule has 8 heteroatoms. The summed E-state index contributed by atoms with van der Waals surface area (Å²) in [7, 11) is 0. The molecule has 0 unspecified atom stereocenters. The van der Waals surface area contributed by atoms with E-state index in [1.165, 1.54) is 12.3 Å². The predicted octanol–water partition coefficient (Wildman–Crippen LogP) is 1.38. The van der Waals surface area contributed by atoms with Crippen molar-refractivity contribution in [2.75, 3.05) is 0 Å². The first-order chi connectivity index (χ1) is 10.6. The van der Waals surface area contributed by atoms with Gasteiger partial charge in [-0.3, -0.25) is 4.79 Å². The number of rotatable bonds is 4. The Kier molecular flexibility index (Phi) is 3.40. The van der Waals surface area contributed by atoms with Crippen molar-refractivity contribution in [1.82, 2.24) is 15.4 Å². The summed E-state index contributed by atoms with van der Waals surface area (Å²) in [4.78, 5) is 23.1. The molecule has 1 amide bonds. The quantitative estimate of drug-likeness (QED) is 0.554. The van der Waals surface area contributed by atoms with Crippen molar-refractivity contribution in [2.45, 2.75) is 0 Å². The summed E-state index contributed by atoms with van der Waals surface area (Å²) in [6.45, 7) is 0. The van der Waals surface area contributed by atoms with Crippen LogP contribution in [-0.2, 0) is 0 Å². The molecule has 2 aromatic heterocycles. The van der Waals surface area contributed by atoms with Gasteiger partial charge in [0.2, 0.25) is 5.76 Å². The number of H-pyrrole nitrogens is 1. The van der Waals surface area contributed by atoms with Gasteiger partial charge in [-0.2, -0.15) is 15.4 Å². The standard InChI is InChI=1S/C14H10N4O4/c15-13(19)12-11(16-18-17-12)8-3-1-4-9(7-8)22-14(20)10-5-2-6-21-10/h1-7H,(H2,15,19)(H,16,17,18). The van der Waals surface area contributed by atoms with Crippen molar-refractivity contribution in [3.63, 3.8) is 0 Å². The normalized spacial score (nSPS) is 10.4. The van der Waals surface area contributed by atoms with Crippen LogP contribution in [0, 0.1) is 0 Å². The molecule has 22 heavy (non-hydrogen) atoms. The van der Waals surface area contributed by atoms with Crippen LogP contribution < -0.4 is 10.5 Å². The van der Waals surface area contributed by atoms with Crippen LogP contribution >= 0.6 is 0 Å². The van der Waals surface area contributed by atoms with Gasteiger partial charge in [-0.05, 0) is 24.3 Å². The van der Waals surface area contributed by atoms with Crippen LogP contribution in [0.2, 0.25) is 0 Å². The van der Waals surface area contributed by atoms with E-state index in [-0.39, 0.29) is 22.9 Å². The number of carbonyl (C=O) groups is 2. The summed E-state index contributed by atoms with van der Waals surface area (Å²) < 4.78 is 10.1. The van der Waals surface area contributed by atoms with Crippen molar-refractivity contribution in [3.05, 3.63) is 54.1 Å². The zero-order valence-corrected chi connectivity index (χ0v) is 11.1. The lowest BCUT2D eigenvalue weighted by atomic mass is 10.1. The second kappa shape index (κ2) is 5.52. The van der Waals surface area contributed by atoms with E-state index in [4.69, 9.17) is 14.9 Å². The molecule has 0 fully saturated rings. The first-order valence-electron chi connectivity index (χ1n) is 6.22. The molecule has 0 saturated heterocycles. The number of carbonyl (C=O) groups excluding carboxylic acids is 2. The molecule has 3 aromatic rings. The first kappa shape index (κ1) is 13.6. The highest BCUT2D eigenvalue weighted by atomic mass is 16.5. The number of hydrogen-bond donors (Lipinski definition) is 2. The molecular weight excluding hydrogens is 288 g/mol. The van der Waals surface area contributed by atoms with E-state index in [2.05, 4.69) is 15.4 Å². The Hall–Kier alpha value is -3.42. The summed E-state index contributed by atoms with van der Waals surface area (Å²) in [5.41, 5.74) is 6.04. The fourth-order valence-corrected chi connectivity index (χ4v) is 1.86. The van der Waals surface area contributed by atoms with Gasteiger partial charge in [-0.15, -0.1) is 0 Å². The Balaban J connectivity index is 1.88. The topological polar surface area (TPSA) is 124 Å². The van der Waals surface area contributed by atoms with Crippen LogP contribution in [0.5, 0.6) is 5.75 Å². The second-order valence-corrected chi connectivity index (χ2v) is 4.28. The van der Waals surface area contributed by atoms with Crippen LogP contribution in [0.4, 0.5) is 0 Å². The van der Waals surface area contributed by atoms with Crippen molar-refractivity contribution < 1.29 is 18.7 Å². The number of benzene rings is 1.